The Bertz CT molecular complexity index is 626. The van der Waals surface area contributed by atoms with Gasteiger partial charge in [-0.1, -0.05) is 31.7 Å². The minimum Gasteiger partial charge on any atom is -0.414 e. The van der Waals surface area contributed by atoms with Crippen molar-refractivity contribution in [3.05, 3.63) is 41.3 Å². The lowest BCUT2D eigenvalue weighted by Crippen LogP contribution is -2.25. The predicted molar refractivity (Wildman–Crippen MR) is 72.8 cm³/mol. The molecule has 1 heterocycles. The summed E-state index contributed by atoms with van der Waals surface area (Å²) in [4.78, 5) is 11.8. The van der Waals surface area contributed by atoms with Crippen molar-refractivity contribution in [1.82, 2.24) is 15.5 Å². The molecule has 5 nitrogen and oxygen atoms in total. The number of rotatable bonds is 5. The van der Waals surface area contributed by atoms with E-state index in [0.717, 1.165) is 12.1 Å². The summed E-state index contributed by atoms with van der Waals surface area (Å²) in [6.07, 6.45) is 0. The van der Waals surface area contributed by atoms with Crippen LogP contribution < -0.4 is 5.32 Å². The van der Waals surface area contributed by atoms with Gasteiger partial charge in [-0.2, -0.15) is 0 Å². The quantitative estimate of drug-likeness (QED) is 0.860. The van der Waals surface area contributed by atoms with Crippen LogP contribution in [0.5, 0.6) is 0 Å². The summed E-state index contributed by atoms with van der Waals surface area (Å²) in [7, 11) is 0. The first-order valence-electron chi connectivity index (χ1n) is 6.18. The zero-order valence-electron chi connectivity index (χ0n) is 11.4. The van der Waals surface area contributed by atoms with Gasteiger partial charge < -0.3 is 9.73 Å². The number of nitrogens with one attached hydrogen (secondary N) is 1. The fourth-order valence-electron chi connectivity index (χ4n) is 1.52. The summed E-state index contributed by atoms with van der Waals surface area (Å²) < 4.78 is 32.1. The van der Waals surface area contributed by atoms with Gasteiger partial charge in [0.15, 0.2) is 0 Å². The van der Waals surface area contributed by atoms with Gasteiger partial charge in [-0.15, -0.1) is 10.2 Å². The molecule has 1 aromatic heterocycles. The van der Waals surface area contributed by atoms with Gasteiger partial charge in [-0.05, 0) is 12.1 Å². The molecular weight excluding hydrogens is 300 g/mol. The standard InChI is InChI=1S/C13H13F2N3O2S/c1-7(2)21-13-18-17-10(20-13)6-16-12(19)11-8(14)4-3-5-9(11)15/h3-5,7H,6H2,1-2H3,(H,16,19). The highest BCUT2D eigenvalue weighted by atomic mass is 32.2. The molecule has 0 atom stereocenters. The largest absolute Gasteiger partial charge is 0.414 e. The van der Waals surface area contributed by atoms with Crippen molar-refractivity contribution < 1.29 is 18.0 Å². The molecule has 2 aromatic rings. The van der Waals surface area contributed by atoms with Crippen molar-refractivity contribution in [3.63, 3.8) is 0 Å². The average molecular weight is 313 g/mol. The summed E-state index contributed by atoms with van der Waals surface area (Å²) in [6, 6.07) is 3.22. The molecular formula is C13H13F2N3O2S. The molecule has 0 bridgehead atoms. The monoisotopic (exact) mass is 313 g/mol. The molecule has 1 amide bonds. The summed E-state index contributed by atoms with van der Waals surface area (Å²) in [6.45, 7) is 3.84. The number of hydrogen-bond acceptors (Lipinski definition) is 5. The van der Waals surface area contributed by atoms with E-state index in [1.807, 2.05) is 13.8 Å². The maximum absolute atomic E-state index is 13.4. The fraction of sp³-hybridized carbons (Fsp3) is 0.308. The molecule has 0 aliphatic rings. The lowest BCUT2D eigenvalue weighted by Gasteiger charge is -2.04. The number of carbonyl (C=O) groups excluding carboxylic acids is 1. The van der Waals surface area contributed by atoms with Crippen molar-refractivity contribution >= 4 is 17.7 Å². The number of halogens is 2. The van der Waals surface area contributed by atoms with E-state index in [0.29, 0.717) is 5.22 Å². The van der Waals surface area contributed by atoms with Crippen molar-refractivity contribution in [2.75, 3.05) is 0 Å². The van der Waals surface area contributed by atoms with Crippen LogP contribution in [-0.4, -0.2) is 21.4 Å². The van der Waals surface area contributed by atoms with Crippen LogP contribution in [0.25, 0.3) is 0 Å². The smallest absolute Gasteiger partial charge is 0.276 e. The van der Waals surface area contributed by atoms with Crippen LogP contribution in [-0.2, 0) is 6.54 Å². The number of carbonyl (C=O) groups is 1. The van der Waals surface area contributed by atoms with Crippen molar-refractivity contribution in [1.29, 1.82) is 0 Å². The lowest BCUT2D eigenvalue weighted by atomic mass is 10.2. The highest BCUT2D eigenvalue weighted by Gasteiger charge is 2.17. The van der Waals surface area contributed by atoms with Crippen LogP contribution in [0.4, 0.5) is 8.78 Å². The fourth-order valence-corrected chi connectivity index (χ4v) is 2.15. The Balaban J connectivity index is 1.99. The van der Waals surface area contributed by atoms with E-state index in [-0.39, 0.29) is 17.7 Å². The Hall–Kier alpha value is -1.96. The second-order valence-electron chi connectivity index (χ2n) is 4.41. The van der Waals surface area contributed by atoms with Crippen molar-refractivity contribution in [3.8, 4) is 0 Å². The van der Waals surface area contributed by atoms with Crippen LogP contribution in [0, 0.1) is 11.6 Å². The van der Waals surface area contributed by atoms with Crippen molar-refractivity contribution in [2.45, 2.75) is 30.9 Å². The summed E-state index contributed by atoms with van der Waals surface area (Å²) in [5, 5.41) is 10.5. The molecule has 2 rings (SSSR count). The molecule has 112 valence electrons. The highest BCUT2D eigenvalue weighted by Crippen LogP contribution is 2.20. The number of benzene rings is 1. The SMILES string of the molecule is CC(C)Sc1nnc(CNC(=O)c2c(F)cccc2F)o1. The Kier molecular flexibility index (Phi) is 4.89. The third kappa shape index (κ3) is 4.01. The van der Waals surface area contributed by atoms with Crippen LogP contribution in [0.1, 0.15) is 30.1 Å². The number of aromatic nitrogens is 2. The van der Waals surface area contributed by atoms with Gasteiger partial charge in [0, 0.05) is 5.25 Å². The van der Waals surface area contributed by atoms with Gasteiger partial charge in [0.05, 0.1) is 6.54 Å². The Labute approximate surface area is 124 Å². The van der Waals surface area contributed by atoms with E-state index in [1.165, 1.54) is 17.8 Å². The van der Waals surface area contributed by atoms with Crippen LogP contribution in [0.15, 0.2) is 27.8 Å². The lowest BCUT2D eigenvalue weighted by molar-refractivity contribution is 0.0938. The van der Waals surface area contributed by atoms with Crippen LogP contribution in [0.2, 0.25) is 0 Å². The van der Waals surface area contributed by atoms with E-state index in [4.69, 9.17) is 4.42 Å². The maximum atomic E-state index is 13.4. The molecule has 0 fully saturated rings. The molecule has 1 aromatic carbocycles. The van der Waals surface area contributed by atoms with Crippen LogP contribution >= 0.6 is 11.8 Å². The van der Waals surface area contributed by atoms with E-state index < -0.39 is 23.1 Å². The number of nitrogens with zero attached hydrogens (tertiary/aromatic N) is 2. The molecule has 21 heavy (non-hydrogen) atoms. The summed E-state index contributed by atoms with van der Waals surface area (Å²) >= 11 is 1.38. The van der Waals surface area contributed by atoms with Gasteiger partial charge in [0.1, 0.15) is 17.2 Å². The summed E-state index contributed by atoms with van der Waals surface area (Å²) in [5.74, 6) is -2.55. The van der Waals surface area contributed by atoms with Gasteiger partial charge in [0.2, 0.25) is 5.89 Å². The first kappa shape index (κ1) is 15.4. The molecule has 1 N–H and O–H groups in total. The molecule has 0 radical (unpaired) electrons. The normalized spacial score (nSPS) is 10.9. The molecule has 0 aliphatic carbocycles. The Morgan fingerprint density at radius 1 is 1.33 bits per heavy atom. The van der Waals surface area contributed by atoms with Crippen LogP contribution in [0.3, 0.4) is 0 Å². The molecule has 0 saturated heterocycles. The highest BCUT2D eigenvalue weighted by molar-refractivity contribution is 7.99. The first-order chi connectivity index (χ1) is 9.97. The minimum atomic E-state index is -0.922. The first-order valence-corrected chi connectivity index (χ1v) is 7.06. The predicted octanol–water partition coefficient (Wildman–Crippen LogP) is 2.78. The van der Waals surface area contributed by atoms with Gasteiger partial charge in [-0.3, -0.25) is 4.79 Å². The Morgan fingerprint density at radius 3 is 2.62 bits per heavy atom. The second-order valence-corrected chi connectivity index (χ2v) is 5.94. The van der Waals surface area contributed by atoms with E-state index >= 15 is 0 Å². The second kappa shape index (κ2) is 6.66. The third-order valence-corrected chi connectivity index (χ3v) is 3.21. The third-order valence-electron chi connectivity index (χ3n) is 2.37. The maximum Gasteiger partial charge on any atom is 0.276 e. The Morgan fingerprint density at radius 2 is 2.00 bits per heavy atom. The molecule has 8 heteroatoms. The van der Waals surface area contributed by atoms with E-state index in [2.05, 4.69) is 15.5 Å². The van der Waals surface area contributed by atoms with E-state index in [1.54, 1.807) is 0 Å². The number of hydrogen-bond donors (Lipinski definition) is 1. The van der Waals surface area contributed by atoms with Gasteiger partial charge in [-0.25, -0.2) is 8.78 Å². The summed E-state index contributed by atoms with van der Waals surface area (Å²) in [5.41, 5.74) is -0.631. The molecule has 0 unspecified atom stereocenters. The average Bonchev–Trinajstić information content (AvgIpc) is 2.83. The zero-order chi connectivity index (χ0) is 15.4. The molecule has 0 saturated carbocycles. The number of amides is 1. The number of thioether (sulfide) groups is 1. The van der Waals surface area contributed by atoms with Gasteiger partial charge >= 0.3 is 0 Å². The zero-order valence-corrected chi connectivity index (χ0v) is 12.2. The topological polar surface area (TPSA) is 68.0 Å². The minimum absolute atomic E-state index is 0.0989. The molecule has 0 spiro atoms. The van der Waals surface area contributed by atoms with E-state index in [9.17, 15) is 13.6 Å². The van der Waals surface area contributed by atoms with Gasteiger partial charge in [0.25, 0.3) is 11.1 Å². The molecule has 0 aliphatic heterocycles. The van der Waals surface area contributed by atoms with Crippen molar-refractivity contribution in [2.24, 2.45) is 0 Å².